The van der Waals surface area contributed by atoms with Crippen molar-refractivity contribution < 1.29 is 42.2 Å². The van der Waals surface area contributed by atoms with E-state index in [-0.39, 0.29) is 37.2 Å². The molecule has 14 nitrogen and oxygen atoms in total. The maximum Gasteiger partial charge on any atom is 0.472 e. The molecule has 15 heteroatoms. The molecule has 4 aromatic carbocycles. The smallest absolute Gasteiger partial charge is 0.472 e. The number of hydrogen-bond donors (Lipinski definition) is 1. The van der Waals surface area contributed by atoms with E-state index in [4.69, 9.17) is 33.3 Å². The van der Waals surface area contributed by atoms with Gasteiger partial charge in [-0.25, -0.2) is 9.36 Å². The number of phosphoric ester groups is 1. The molecular formula is C41H40N3O11P. The maximum atomic E-state index is 14.0. The van der Waals surface area contributed by atoms with E-state index in [1.165, 1.54) is 25.3 Å². The SMILES string of the molecule is COc1ccc(C(OC[C@H]2O[C@@H](n3cc(C)c(=O)n(C(=O)c4ccccc4)c3=O)C[C@@H]2OP(=O)(O)OCCC#N)(c2ccccc2)c2ccc(OC)cc2)cc1. The van der Waals surface area contributed by atoms with Crippen molar-refractivity contribution in [3.05, 3.63) is 164 Å². The second kappa shape index (κ2) is 17.4. The van der Waals surface area contributed by atoms with Crippen LogP contribution in [0.5, 0.6) is 11.5 Å². The quantitative estimate of drug-likeness (QED) is 0.0776. The van der Waals surface area contributed by atoms with Crippen molar-refractivity contribution in [2.24, 2.45) is 0 Å². The normalized spacial score (nSPS) is 17.8. The highest BCUT2D eigenvalue weighted by Crippen LogP contribution is 2.49. The number of ether oxygens (including phenoxy) is 4. The molecule has 5 aromatic rings. The molecule has 56 heavy (non-hydrogen) atoms. The molecule has 0 amide bonds. The van der Waals surface area contributed by atoms with Crippen LogP contribution in [0, 0.1) is 18.3 Å². The summed E-state index contributed by atoms with van der Waals surface area (Å²) in [7, 11) is -1.66. The number of methoxy groups -OCH3 is 2. The van der Waals surface area contributed by atoms with Gasteiger partial charge in [0.05, 0.1) is 39.9 Å². The van der Waals surface area contributed by atoms with Gasteiger partial charge in [-0.15, -0.1) is 0 Å². The van der Waals surface area contributed by atoms with E-state index in [9.17, 15) is 23.8 Å². The van der Waals surface area contributed by atoms with Crippen LogP contribution in [0.3, 0.4) is 0 Å². The fourth-order valence-electron chi connectivity index (χ4n) is 6.61. The van der Waals surface area contributed by atoms with Gasteiger partial charge in [0.25, 0.3) is 11.5 Å². The molecule has 6 rings (SSSR count). The molecule has 1 aromatic heterocycles. The number of hydrogen-bond acceptors (Lipinski definition) is 11. The van der Waals surface area contributed by atoms with Gasteiger partial charge in [-0.3, -0.25) is 23.2 Å². The number of aromatic nitrogens is 2. The van der Waals surface area contributed by atoms with Crippen molar-refractivity contribution in [1.82, 2.24) is 9.13 Å². The van der Waals surface area contributed by atoms with Crippen molar-refractivity contribution in [3.8, 4) is 17.6 Å². The van der Waals surface area contributed by atoms with Crippen LogP contribution in [-0.4, -0.2) is 59.6 Å². The third-order valence-electron chi connectivity index (χ3n) is 9.37. The van der Waals surface area contributed by atoms with Gasteiger partial charge < -0.3 is 23.8 Å². The first kappa shape index (κ1) is 40.0. The molecular weight excluding hydrogens is 741 g/mol. The number of rotatable bonds is 15. The Bertz CT molecular complexity index is 2290. The molecule has 1 N–H and O–H groups in total. The van der Waals surface area contributed by atoms with Gasteiger partial charge in [-0.2, -0.15) is 9.83 Å². The Morgan fingerprint density at radius 3 is 2.00 bits per heavy atom. The Morgan fingerprint density at radius 2 is 1.45 bits per heavy atom. The Kier molecular flexibility index (Phi) is 12.5. The number of phosphoric acid groups is 1. The summed E-state index contributed by atoms with van der Waals surface area (Å²) in [4.78, 5) is 51.4. The van der Waals surface area contributed by atoms with Crippen LogP contribution >= 0.6 is 7.82 Å². The molecule has 1 aliphatic rings. The molecule has 1 fully saturated rings. The minimum Gasteiger partial charge on any atom is -0.497 e. The van der Waals surface area contributed by atoms with Gasteiger partial charge in [0.15, 0.2) is 0 Å². The summed E-state index contributed by atoms with van der Waals surface area (Å²) >= 11 is 0. The van der Waals surface area contributed by atoms with Crippen LogP contribution < -0.4 is 20.7 Å². The average Bonchev–Trinajstić information content (AvgIpc) is 3.61. The summed E-state index contributed by atoms with van der Waals surface area (Å²) in [5, 5.41) is 8.97. The second-order valence-electron chi connectivity index (χ2n) is 12.8. The molecule has 2 heterocycles. The van der Waals surface area contributed by atoms with Gasteiger partial charge in [0.2, 0.25) is 0 Å². The molecule has 0 bridgehead atoms. The van der Waals surface area contributed by atoms with Crippen LogP contribution in [-0.2, 0) is 28.7 Å². The monoisotopic (exact) mass is 781 g/mol. The first-order chi connectivity index (χ1) is 27.0. The number of carbonyl (C=O) groups is 1. The van der Waals surface area contributed by atoms with Crippen LogP contribution in [0.1, 0.15) is 51.7 Å². The van der Waals surface area contributed by atoms with E-state index in [0.29, 0.717) is 27.2 Å². The van der Waals surface area contributed by atoms with E-state index < -0.39 is 49.0 Å². The highest BCUT2D eigenvalue weighted by Gasteiger charge is 2.45. The van der Waals surface area contributed by atoms with E-state index in [0.717, 1.165) is 10.1 Å². The number of nitrogens with zero attached hydrogens (tertiary/aromatic N) is 3. The Balaban J connectivity index is 1.43. The summed E-state index contributed by atoms with van der Waals surface area (Å²) in [6.45, 7) is 0.807. The predicted molar refractivity (Wildman–Crippen MR) is 204 cm³/mol. The summed E-state index contributed by atoms with van der Waals surface area (Å²) in [6, 6.07) is 33.8. The lowest BCUT2D eigenvalue weighted by Gasteiger charge is -2.37. The number of benzene rings is 4. The molecule has 290 valence electrons. The fourth-order valence-corrected chi connectivity index (χ4v) is 7.56. The summed E-state index contributed by atoms with van der Waals surface area (Å²) < 4.78 is 49.9. The minimum atomic E-state index is -4.79. The van der Waals surface area contributed by atoms with Crippen molar-refractivity contribution in [2.45, 2.75) is 43.8 Å². The first-order valence-corrected chi connectivity index (χ1v) is 19.1. The molecule has 1 aliphatic heterocycles. The third kappa shape index (κ3) is 8.44. The Hall–Kier alpha value is -5.65. The number of aryl methyl sites for hydroxylation is 1. The average molecular weight is 782 g/mol. The zero-order valence-electron chi connectivity index (χ0n) is 30.8. The summed E-state index contributed by atoms with van der Waals surface area (Å²) in [6.07, 6.45) is -2.63. The largest absolute Gasteiger partial charge is 0.497 e. The lowest BCUT2D eigenvalue weighted by Crippen LogP contribution is -2.45. The van der Waals surface area contributed by atoms with Crippen LogP contribution in [0.15, 0.2) is 125 Å². The Labute approximate surface area is 322 Å². The van der Waals surface area contributed by atoms with Gasteiger partial charge in [-0.05, 0) is 60.0 Å². The molecule has 0 saturated carbocycles. The number of carbonyl (C=O) groups excluding carboxylic acids is 1. The Morgan fingerprint density at radius 1 is 0.893 bits per heavy atom. The second-order valence-corrected chi connectivity index (χ2v) is 14.3. The van der Waals surface area contributed by atoms with Gasteiger partial charge in [-0.1, -0.05) is 72.8 Å². The van der Waals surface area contributed by atoms with E-state index >= 15 is 0 Å². The van der Waals surface area contributed by atoms with Crippen molar-refractivity contribution in [2.75, 3.05) is 27.4 Å². The van der Waals surface area contributed by atoms with Crippen LogP contribution in [0.4, 0.5) is 0 Å². The number of nitriles is 1. The lowest BCUT2D eigenvalue weighted by molar-refractivity contribution is -0.0941. The van der Waals surface area contributed by atoms with Crippen LogP contribution in [0.2, 0.25) is 0 Å². The molecule has 0 aliphatic carbocycles. The molecule has 0 radical (unpaired) electrons. The predicted octanol–water partition coefficient (Wildman–Crippen LogP) is 5.74. The first-order valence-electron chi connectivity index (χ1n) is 17.6. The minimum absolute atomic E-state index is 0.0735. The van der Waals surface area contributed by atoms with Gasteiger partial charge >= 0.3 is 13.5 Å². The maximum absolute atomic E-state index is 14.0. The van der Waals surface area contributed by atoms with Crippen molar-refractivity contribution in [3.63, 3.8) is 0 Å². The highest BCUT2D eigenvalue weighted by molar-refractivity contribution is 7.47. The van der Waals surface area contributed by atoms with Crippen molar-refractivity contribution in [1.29, 1.82) is 5.26 Å². The lowest BCUT2D eigenvalue weighted by atomic mass is 9.80. The van der Waals surface area contributed by atoms with E-state index in [2.05, 4.69) is 0 Å². The third-order valence-corrected chi connectivity index (χ3v) is 10.4. The van der Waals surface area contributed by atoms with E-state index in [1.54, 1.807) is 56.7 Å². The van der Waals surface area contributed by atoms with Crippen LogP contribution in [0.25, 0.3) is 0 Å². The fraction of sp³-hybridized carbons (Fsp3) is 0.268. The molecule has 1 saturated heterocycles. The van der Waals surface area contributed by atoms with Gasteiger partial charge in [0.1, 0.15) is 35.5 Å². The molecule has 0 spiro atoms. The van der Waals surface area contributed by atoms with E-state index in [1.807, 2.05) is 60.7 Å². The standard InChI is InChI=1S/C41H40N3O11P/c1-28-26-43(40(47)44(38(28)45)39(46)29-11-6-4-7-12-29)37-25-35(55-56(48,49)53-24-10-23-42)36(54-37)27-52-41(30-13-8-5-9-14-30,31-15-19-33(50-2)20-16-31)32-17-21-34(51-3)22-18-32/h4-9,11-22,26,35-37H,10,24-25,27H2,1-3H3,(H,48,49)/t35-,36+,37+/m0/s1. The van der Waals surface area contributed by atoms with Crippen molar-refractivity contribution >= 4 is 13.7 Å². The summed E-state index contributed by atoms with van der Waals surface area (Å²) in [5.41, 5.74) is -0.775. The zero-order valence-corrected chi connectivity index (χ0v) is 31.7. The molecule has 4 atom stereocenters. The van der Waals surface area contributed by atoms with Gasteiger partial charge in [0, 0.05) is 23.7 Å². The topological polar surface area (TPSA) is 178 Å². The zero-order chi connectivity index (χ0) is 39.9. The highest BCUT2D eigenvalue weighted by atomic mass is 31.2. The molecule has 1 unspecified atom stereocenters. The summed E-state index contributed by atoms with van der Waals surface area (Å²) in [5.74, 6) is 0.397.